The topological polar surface area (TPSA) is 90.9 Å². The van der Waals surface area contributed by atoms with Crippen LogP contribution < -0.4 is 14.8 Å². The van der Waals surface area contributed by atoms with E-state index >= 15 is 0 Å². The summed E-state index contributed by atoms with van der Waals surface area (Å²) in [6.07, 6.45) is -1.04. The molecule has 1 atom stereocenters. The third kappa shape index (κ3) is 6.05. The molecule has 0 fully saturated rings. The highest BCUT2D eigenvalue weighted by atomic mass is 32.1. The fourth-order valence-corrected chi connectivity index (χ4v) is 3.67. The van der Waals surface area contributed by atoms with Crippen molar-refractivity contribution in [2.24, 2.45) is 0 Å². The fraction of sp³-hybridized carbons (Fsp3) is 0.381. The number of carbonyl (C=O) groups excluding carboxylic acids is 3. The van der Waals surface area contributed by atoms with Crippen LogP contribution in [0.2, 0.25) is 0 Å². The van der Waals surface area contributed by atoms with Crippen molar-refractivity contribution in [1.29, 1.82) is 0 Å². The first kappa shape index (κ1) is 22.4. The number of thiophene rings is 1. The molecule has 0 bridgehead atoms. The molecule has 0 saturated heterocycles. The van der Waals surface area contributed by atoms with E-state index in [2.05, 4.69) is 5.32 Å². The molecule has 7 nitrogen and oxygen atoms in total. The molecule has 0 aliphatic rings. The van der Waals surface area contributed by atoms with Gasteiger partial charge in [-0.2, -0.15) is 0 Å². The molecule has 156 valence electrons. The minimum atomic E-state index is -1.00. The zero-order chi connectivity index (χ0) is 21.6. The molecule has 8 heteroatoms. The van der Waals surface area contributed by atoms with Gasteiger partial charge in [-0.15, -0.1) is 11.3 Å². The first-order valence-electron chi connectivity index (χ1n) is 9.07. The van der Waals surface area contributed by atoms with Crippen molar-refractivity contribution < 1.29 is 28.6 Å². The summed E-state index contributed by atoms with van der Waals surface area (Å²) in [6, 6.07) is 6.74. The highest BCUT2D eigenvalue weighted by molar-refractivity contribution is 7.12. The van der Waals surface area contributed by atoms with Gasteiger partial charge in [-0.3, -0.25) is 14.4 Å². The number of ether oxygens (including phenoxy) is 3. The number of carbonyl (C=O) groups is 3. The molecule has 1 heterocycles. The zero-order valence-corrected chi connectivity index (χ0v) is 18.0. The maximum Gasteiger partial charge on any atom is 0.307 e. The molecule has 0 unspecified atom stereocenters. The first-order chi connectivity index (χ1) is 13.7. The number of anilines is 1. The van der Waals surface area contributed by atoms with Gasteiger partial charge < -0.3 is 19.5 Å². The Kier molecular flexibility index (Phi) is 7.78. The molecule has 2 aromatic rings. The van der Waals surface area contributed by atoms with Gasteiger partial charge in [0, 0.05) is 33.5 Å². The van der Waals surface area contributed by atoms with E-state index in [0.29, 0.717) is 22.7 Å². The van der Waals surface area contributed by atoms with Crippen LogP contribution in [0.25, 0.3) is 0 Å². The van der Waals surface area contributed by atoms with Gasteiger partial charge in [0.25, 0.3) is 5.91 Å². The normalized spacial score (nSPS) is 11.5. The van der Waals surface area contributed by atoms with E-state index in [1.54, 1.807) is 29.5 Å². The summed E-state index contributed by atoms with van der Waals surface area (Å²) in [4.78, 5) is 38.6. The Morgan fingerprint density at radius 2 is 1.72 bits per heavy atom. The van der Waals surface area contributed by atoms with E-state index in [1.165, 1.54) is 21.1 Å². The molecule has 0 saturated carbocycles. The van der Waals surface area contributed by atoms with Crippen LogP contribution in [0.4, 0.5) is 5.69 Å². The number of rotatable bonds is 9. The Bertz CT molecular complexity index is 905. The smallest absolute Gasteiger partial charge is 0.307 e. The molecule has 0 aliphatic heterocycles. The summed E-state index contributed by atoms with van der Waals surface area (Å²) < 4.78 is 15.5. The number of benzene rings is 1. The predicted octanol–water partition coefficient (Wildman–Crippen LogP) is 3.92. The van der Waals surface area contributed by atoms with Crippen LogP contribution in [0, 0.1) is 13.8 Å². The van der Waals surface area contributed by atoms with Gasteiger partial charge in [0.05, 0.1) is 20.6 Å². The number of hydrogen-bond donors (Lipinski definition) is 1. The number of aryl methyl sites for hydroxylation is 2. The van der Waals surface area contributed by atoms with Crippen LogP contribution in [0.3, 0.4) is 0 Å². The van der Waals surface area contributed by atoms with Crippen molar-refractivity contribution in [2.75, 3.05) is 19.5 Å². The van der Waals surface area contributed by atoms with Crippen molar-refractivity contribution in [3.05, 3.63) is 39.6 Å². The molecule has 2 rings (SSSR count). The van der Waals surface area contributed by atoms with Gasteiger partial charge in [-0.25, -0.2) is 0 Å². The van der Waals surface area contributed by atoms with Crippen molar-refractivity contribution in [3.63, 3.8) is 0 Å². The largest absolute Gasteiger partial charge is 0.493 e. The van der Waals surface area contributed by atoms with Crippen molar-refractivity contribution in [1.82, 2.24) is 0 Å². The molecule has 0 spiro atoms. The lowest BCUT2D eigenvalue weighted by Crippen LogP contribution is -2.30. The third-order valence-corrected chi connectivity index (χ3v) is 5.19. The van der Waals surface area contributed by atoms with Crippen LogP contribution in [0.1, 0.15) is 39.9 Å². The molecular formula is C21H25NO6S. The minimum absolute atomic E-state index is 0.0415. The fourth-order valence-electron chi connectivity index (χ4n) is 2.73. The van der Waals surface area contributed by atoms with Gasteiger partial charge >= 0.3 is 5.97 Å². The number of amides is 1. The van der Waals surface area contributed by atoms with Gasteiger partial charge in [-0.1, -0.05) is 0 Å². The number of esters is 1. The van der Waals surface area contributed by atoms with Gasteiger partial charge in [0.2, 0.25) is 0 Å². The Labute approximate surface area is 174 Å². The summed E-state index contributed by atoms with van der Waals surface area (Å²) in [7, 11) is 3.01. The van der Waals surface area contributed by atoms with E-state index in [0.717, 1.165) is 9.75 Å². The minimum Gasteiger partial charge on any atom is -0.493 e. The monoisotopic (exact) mass is 419 g/mol. The van der Waals surface area contributed by atoms with Crippen LogP contribution in [0.15, 0.2) is 24.3 Å². The molecule has 1 aromatic heterocycles. The highest BCUT2D eigenvalue weighted by Crippen LogP contribution is 2.29. The van der Waals surface area contributed by atoms with Crippen LogP contribution in [-0.4, -0.2) is 38.0 Å². The maximum atomic E-state index is 12.3. The summed E-state index contributed by atoms with van der Waals surface area (Å²) >= 11 is 1.55. The molecular weight excluding hydrogens is 394 g/mol. The lowest BCUT2D eigenvalue weighted by atomic mass is 10.1. The Morgan fingerprint density at radius 1 is 1.03 bits per heavy atom. The van der Waals surface area contributed by atoms with Gasteiger partial charge in [0.15, 0.2) is 23.4 Å². The van der Waals surface area contributed by atoms with E-state index in [9.17, 15) is 14.4 Å². The van der Waals surface area contributed by atoms with Crippen molar-refractivity contribution in [2.45, 2.75) is 39.7 Å². The first-order valence-corrected chi connectivity index (χ1v) is 9.89. The standard InChI is InChI=1S/C21H25NO6S/c1-12-10-16(14(3)29-12)17(23)7-9-20(24)28-13(2)21(25)22-15-6-8-18(26-4)19(11-15)27-5/h6,8,10-11,13H,7,9H2,1-5H3,(H,22,25)/t13-/m0/s1. The SMILES string of the molecule is COc1ccc(NC(=O)[C@H](C)OC(=O)CCC(=O)c2cc(C)sc2C)cc1OC. The summed E-state index contributed by atoms with van der Waals surface area (Å²) in [5.74, 6) is -0.191. The average molecular weight is 419 g/mol. The lowest BCUT2D eigenvalue weighted by molar-refractivity contribution is -0.153. The van der Waals surface area contributed by atoms with Crippen LogP contribution in [0.5, 0.6) is 11.5 Å². The molecule has 1 aromatic carbocycles. The predicted molar refractivity (Wildman–Crippen MR) is 111 cm³/mol. The summed E-state index contributed by atoms with van der Waals surface area (Å²) in [5.41, 5.74) is 1.12. The molecule has 0 aliphatic carbocycles. The Morgan fingerprint density at radius 3 is 2.31 bits per heavy atom. The second-order valence-electron chi connectivity index (χ2n) is 6.44. The van der Waals surface area contributed by atoms with Crippen molar-refractivity contribution in [3.8, 4) is 11.5 Å². The highest BCUT2D eigenvalue weighted by Gasteiger charge is 2.20. The maximum absolute atomic E-state index is 12.3. The molecule has 1 amide bonds. The molecule has 1 N–H and O–H groups in total. The Balaban J connectivity index is 1.86. The van der Waals surface area contributed by atoms with Crippen LogP contribution in [-0.2, 0) is 14.3 Å². The summed E-state index contributed by atoms with van der Waals surface area (Å²) in [5, 5.41) is 2.66. The molecule has 0 radical (unpaired) electrons. The number of nitrogens with one attached hydrogen (secondary N) is 1. The number of hydrogen-bond acceptors (Lipinski definition) is 7. The number of methoxy groups -OCH3 is 2. The van der Waals surface area contributed by atoms with E-state index in [-0.39, 0.29) is 18.6 Å². The lowest BCUT2D eigenvalue weighted by Gasteiger charge is -2.15. The number of Topliss-reactive ketones (excluding diaryl/α,β-unsaturated/α-hetero) is 1. The molecule has 29 heavy (non-hydrogen) atoms. The van der Waals surface area contributed by atoms with Gasteiger partial charge in [0.1, 0.15) is 0 Å². The van der Waals surface area contributed by atoms with Crippen molar-refractivity contribution >= 4 is 34.7 Å². The summed E-state index contributed by atoms with van der Waals surface area (Å²) in [6.45, 7) is 5.29. The average Bonchev–Trinajstić information content (AvgIpc) is 3.03. The Hall–Kier alpha value is -2.87. The van der Waals surface area contributed by atoms with E-state index in [1.807, 2.05) is 19.9 Å². The van der Waals surface area contributed by atoms with Gasteiger partial charge in [-0.05, 0) is 39.0 Å². The van der Waals surface area contributed by atoms with E-state index in [4.69, 9.17) is 14.2 Å². The zero-order valence-electron chi connectivity index (χ0n) is 17.2. The van der Waals surface area contributed by atoms with E-state index < -0.39 is 18.0 Å². The third-order valence-electron chi connectivity index (χ3n) is 4.23. The number of ketones is 1. The quantitative estimate of drug-likeness (QED) is 0.489. The second-order valence-corrected chi connectivity index (χ2v) is 7.90. The second kappa shape index (κ2) is 10.1. The van der Waals surface area contributed by atoms with Crippen LogP contribution >= 0.6 is 11.3 Å².